The number of anilines is 3. The number of carbonyl (C=O) groups excluding carboxylic acids is 3. The summed E-state index contributed by atoms with van der Waals surface area (Å²) in [5.74, 6) is -2.74. The number of nitrogens with zero attached hydrogens (tertiary/aromatic N) is 3. The lowest BCUT2D eigenvalue weighted by atomic mass is 10.0. The van der Waals surface area contributed by atoms with Gasteiger partial charge in [-0.3, -0.25) is 19.3 Å². The second kappa shape index (κ2) is 11.7. The first-order chi connectivity index (χ1) is 18.7. The number of rotatable bonds is 9. The van der Waals surface area contributed by atoms with Crippen LogP contribution in [0.1, 0.15) is 37.3 Å². The predicted molar refractivity (Wildman–Crippen MR) is 150 cm³/mol. The zero-order valence-electron chi connectivity index (χ0n) is 21.3. The van der Waals surface area contributed by atoms with Crippen LogP contribution in [0.5, 0.6) is 0 Å². The second-order valence-electron chi connectivity index (χ2n) is 8.89. The maximum Gasteiger partial charge on any atom is 0.273 e. The fourth-order valence-corrected chi connectivity index (χ4v) is 4.74. The first-order valence-corrected chi connectivity index (χ1v) is 12.7. The number of nitrogens with one attached hydrogen (secondary N) is 1. The Labute approximate surface area is 229 Å². The Balaban J connectivity index is 1.84. The summed E-state index contributed by atoms with van der Waals surface area (Å²) in [6.45, 7) is 0.200. The van der Waals surface area contributed by atoms with Gasteiger partial charge in [-0.25, -0.2) is 4.39 Å². The van der Waals surface area contributed by atoms with E-state index in [1.54, 1.807) is 12.1 Å². The van der Waals surface area contributed by atoms with Crippen LogP contribution < -0.4 is 26.6 Å². The van der Waals surface area contributed by atoms with Gasteiger partial charge in [0.05, 0.1) is 5.69 Å². The van der Waals surface area contributed by atoms with Crippen LogP contribution in [0, 0.1) is 5.82 Å². The Hall–Kier alpha value is -4.77. The number of nitrogen functional groups attached to an aromatic ring is 1. The molecule has 0 bridgehead atoms. The number of halogens is 1. The number of nitrogens with two attached hydrogens (primary N) is 2. The maximum atomic E-state index is 14.4. The van der Waals surface area contributed by atoms with Crippen LogP contribution in [0.2, 0.25) is 0 Å². The Kier molecular flexibility index (Phi) is 8.21. The molecule has 9 nitrogen and oxygen atoms in total. The van der Waals surface area contributed by atoms with Gasteiger partial charge in [0.25, 0.3) is 11.8 Å². The monoisotopic (exact) mass is 546 g/mol. The average molecular weight is 547 g/mol. The third-order valence-corrected chi connectivity index (χ3v) is 6.85. The molecule has 3 aromatic carbocycles. The lowest BCUT2D eigenvalue weighted by Gasteiger charge is -2.31. The lowest BCUT2D eigenvalue weighted by molar-refractivity contribution is -0.122. The van der Waals surface area contributed by atoms with Crippen LogP contribution in [0.3, 0.4) is 0 Å². The molecule has 11 heteroatoms. The third-order valence-electron chi connectivity index (χ3n) is 6.00. The minimum Gasteiger partial charge on any atom is -0.395 e. The van der Waals surface area contributed by atoms with Crippen LogP contribution in [0.25, 0.3) is 0 Å². The normalized spacial score (nSPS) is 11.5. The van der Waals surface area contributed by atoms with Crippen molar-refractivity contribution in [1.29, 1.82) is 0 Å². The molecule has 0 aliphatic rings. The van der Waals surface area contributed by atoms with Gasteiger partial charge in [-0.2, -0.15) is 4.37 Å². The Morgan fingerprint density at radius 3 is 2.26 bits per heavy atom. The highest BCUT2D eigenvalue weighted by atomic mass is 32.1. The van der Waals surface area contributed by atoms with E-state index in [9.17, 15) is 18.8 Å². The summed E-state index contributed by atoms with van der Waals surface area (Å²) in [7, 11) is 3.76. The van der Waals surface area contributed by atoms with Crippen LogP contribution in [-0.4, -0.2) is 36.2 Å². The summed E-state index contributed by atoms with van der Waals surface area (Å²) in [6.07, 6.45) is 0. The summed E-state index contributed by atoms with van der Waals surface area (Å²) >= 11 is 0.682. The van der Waals surface area contributed by atoms with Crippen molar-refractivity contribution in [2.75, 3.05) is 29.6 Å². The molecule has 200 valence electrons. The molecular formula is C28H27FN6O3S. The molecule has 4 aromatic rings. The fourth-order valence-electron chi connectivity index (χ4n) is 4.00. The summed E-state index contributed by atoms with van der Waals surface area (Å²) in [5.41, 5.74) is 13.3. The molecule has 0 saturated heterocycles. The number of primary amides is 1. The van der Waals surface area contributed by atoms with E-state index >= 15 is 0 Å². The van der Waals surface area contributed by atoms with Crippen molar-refractivity contribution in [3.63, 3.8) is 0 Å². The number of benzene rings is 3. The zero-order chi connectivity index (χ0) is 28.1. The molecule has 0 spiro atoms. The molecule has 1 heterocycles. The van der Waals surface area contributed by atoms with Crippen LogP contribution in [-0.2, 0) is 11.3 Å². The standard InChI is InChI=1S/C28H27FN6O3S/c1-34(2)20-13-11-18(12-14-20)24(27(37)32-16-17-7-4-3-5-8-17)35(21-10-6-9-19(29)15-21)28(38)25-22(30)23(26(31)36)33-39-25/h3-15,24H,16,30H2,1-2H3,(H2,31,36)(H,32,37)/t24-/m1/s1. The molecule has 0 aliphatic carbocycles. The maximum absolute atomic E-state index is 14.4. The number of amides is 3. The molecule has 0 unspecified atom stereocenters. The first kappa shape index (κ1) is 27.3. The van der Waals surface area contributed by atoms with Crippen molar-refractivity contribution in [2.24, 2.45) is 5.73 Å². The zero-order valence-corrected chi connectivity index (χ0v) is 22.1. The summed E-state index contributed by atoms with van der Waals surface area (Å²) in [6, 6.07) is 20.5. The Morgan fingerprint density at radius 1 is 0.974 bits per heavy atom. The van der Waals surface area contributed by atoms with Gasteiger partial charge in [0.2, 0.25) is 5.91 Å². The van der Waals surface area contributed by atoms with Gasteiger partial charge >= 0.3 is 0 Å². The van der Waals surface area contributed by atoms with Crippen molar-refractivity contribution in [2.45, 2.75) is 12.6 Å². The Bertz CT molecular complexity index is 1490. The van der Waals surface area contributed by atoms with E-state index in [4.69, 9.17) is 11.5 Å². The number of hydrogen-bond donors (Lipinski definition) is 3. The third kappa shape index (κ3) is 6.04. The van der Waals surface area contributed by atoms with Crippen molar-refractivity contribution in [3.8, 4) is 0 Å². The largest absolute Gasteiger partial charge is 0.395 e. The van der Waals surface area contributed by atoms with Gasteiger partial charge in [-0.15, -0.1) is 0 Å². The van der Waals surface area contributed by atoms with E-state index in [1.165, 1.54) is 18.2 Å². The van der Waals surface area contributed by atoms with Gasteiger partial charge in [0, 0.05) is 32.0 Å². The molecule has 5 N–H and O–H groups in total. The predicted octanol–water partition coefficient (Wildman–Crippen LogP) is 3.73. The molecule has 4 rings (SSSR count). The number of hydrogen-bond acceptors (Lipinski definition) is 7. The van der Waals surface area contributed by atoms with E-state index in [-0.39, 0.29) is 28.5 Å². The average Bonchev–Trinajstić information content (AvgIpc) is 3.32. The number of aromatic nitrogens is 1. The molecule has 0 aliphatic heterocycles. The molecule has 0 saturated carbocycles. The van der Waals surface area contributed by atoms with Crippen LogP contribution in [0.4, 0.5) is 21.5 Å². The molecule has 39 heavy (non-hydrogen) atoms. The van der Waals surface area contributed by atoms with E-state index in [2.05, 4.69) is 9.69 Å². The molecule has 0 radical (unpaired) electrons. The van der Waals surface area contributed by atoms with E-state index < -0.39 is 29.6 Å². The van der Waals surface area contributed by atoms with E-state index in [1.807, 2.05) is 61.5 Å². The molecule has 3 amide bonds. The van der Waals surface area contributed by atoms with Crippen LogP contribution >= 0.6 is 11.5 Å². The highest BCUT2D eigenvalue weighted by Gasteiger charge is 2.36. The van der Waals surface area contributed by atoms with Gasteiger partial charge in [-0.1, -0.05) is 48.5 Å². The first-order valence-electron chi connectivity index (χ1n) is 11.9. The highest BCUT2D eigenvalue weighted by molar-refractivity contribution is 7.09. The molecule has 0 fully saturated rings. The van der Waals surface area contributed by atoms with Gasteiger partial charge < -0.3 is 21.7 Å². The SMILES string of the molecule is CN(C)c1ccc([C@H](C(=O)NCc2ccccc2)N(C(=O)c2snc(C(N)=O)c2N)c2cccc(F)c2)cc1. The lowest BCUT2D eigenvalue weighted by Crippen LogP contribution is -2.44. The summed E-state index contributed by atoms with van der Waals surface area (Å²) < 4.78 is 18.3. The minimum atomic E-state index is -1.22. The second-order valence-corrected chi connectivity index (χ2v) is 9.66. The summed E-state index contributed by atoms with van der Waals surface area (Å²) in [4.78, 5) is 42.6. The van der Waals surface area contributed by atoms with Gasteiger partial charge in [0.15, 0.2) is 5.69 Å². The highest BCUT2D eigenvalue weighted by Crippen LogP contribution is 2.34. The van der Waals surface area contributed by atoms with E-state index in [0.29, 0.717) is 17.1 Å². The fraction of sp³-hybridized carbons (Fsp3) is 0.143. The van der Waals surface area contributed by atoms with E-state index in [0.717, 1.165) is 22.2 Å². The van der Waals surface area contributed by atoms with Crippen molar-refractivity contribution < 1.29 is 18.8 Å². The van der Waals surface area contributed by atoms with Gasteiger partial charge in [0.1, 0.15) is 16.7 Å². The molecular weight excluding hydrogens is 519 g/mol. The number of carbonyl (C=O) groups is 3. The van der Waals surface area contributed by atoms with Crippen LogP contribution in [0.15, 0.2) is 78.9 Å². The quantitative estimate of drug-likeness (QED) is 0.293. The van der Waals surface area contributed by atoms with Crippen molar-refractivity contribution >= 4 is 46.3 Å². The van der Waals surface area contributed by atoms with Gasteiger partial charge in [-0.05, 0) is 53.0 Å². The van der Waals surface area contributed by atoms with Crippen molar-refractivity contribution in [3.05, 3.63) is 106 Å². The minimum absolute atomic E-state index is 0.0983. The molecule has 1 atom stereocenters. The topological polar surface area (TPSA) is 135 Å². The van der Waals surface area contributed by atoms with Crippen molar-refractivity contribution in [1.82, 2.24) is 9.69 Å². The smallest absolute Gasteiger partial charge is 0.273 e. The Morgan fingerprint density at radius 2 is 1.67 bits per heavy atom. The molecule has 1 aromatic heterocycles. The summed E-state index contributed by atoms with van der Waals surface area (Å²) in [5, 5.41) is 2.89.